The number of benzene rings is 1. The second-order valence-corrected chi connectivity index (χ2v) is 7.61. The molecule has 1 fully saturated rings. The van der Waals surface area contributed by atoms with Crippen LogP contribution in [0.5, 0.6) is 5.75 Å². The van der Waals surface area contributed by atoms with Gasteiger partial charge in [0.1, 0.15) is 11.1 Å². The lowest BCUT2D eigenvalue weighted by atomic mass is 10.1. The molecule has 1 aliphatic rings. The van der Waals surface area contributed by atoms with Crippen molar-refractivity contribution in [3.8, 4) is 5.75 Å². The fraction of sp³-hybridized carbons (Fsp3) is 0.474. The summed E-state index contributed by atoms with van der Waals surface area (Å²) in [7, 11) is 0. The largest absolute Gasteiger partial charge is 0.573 e. The molecule has 28 heavy (non-hydrogen) atoms. The number of pyridine rings is 1. The number of amides is 1. The van der Waals surface area contributed by atoms with E-state index in [9.17, 15) is 18.0 Å². The predicted octanol–water partition coefficient (Wildman–Crippen LogP) is 4.55. The van der Waals surface area contributed by atoms with E-state index in [2.05, 4.69) is 15.0 Å². The Hall–Kier alpha value is -2.71. The molecule has 0 spiro atoms. The van der Waals surface area contributed by atoms with Gasteiger partial charge in [-0.3, -0.25) is 4.98 Å². The summed E-state index contributed by atoms with van der Waals surface area (Å²) in [5, 5.41) is 3.81. The molecular formula is C19H22F3N3O3. The van der Waals surface area contributed by atoms with Crippen LogP contribution in [0.2, 0.25) is 0 Å². The van der Waals surface area contributed by atoms with Crippen molar-refractivity contribution in [1.82, 2.24) is 9.88 Å². The Kier molecular flexibility index (Phi) is 5.27. The van der Waals surface area contributed by atoms with Gasteiger partial charge in [-0.15, -0.1) is 13.2 Å². The molecule has 1 amide bonds. The van der Waals surface area contributed by atoms with Gasteiger partial charge in [0.2, 0.25) is 0 Å². The minimum atomic E-state index is -4.79. The first-order valence-electron chi connectivity index (χ1n) is 8.90. The zero-order valence-electron chi connectivity index (χ0n) is 15.8. The monoisotopic (exact) mass is 397 g/mol. The van der Waals surface area contributed by atoms with Crippen molar-refractivity contribution in [2.24, 2.45) is 0 Å². The number of ether oxygens (including phenoxy) is 2. The number of carbonyl (C=O) groups is 1. The second kappa shape index (κ2) is 7.37. The zero-order chi connectivity index (χ0) is 20.5. The van der Waals surface area contributed by atoms with Crippen molar-refractivity contribution in [3.05, 3.63) is 30.5 Å². The molecule has 1 aromatic carbocycles. The van der Waals surface area contributed by atoms with E-state index in [-0.39, 0.29) is 23.4 Å². The maximum atomic E-state index is 12.6. The van der Waals surface area contributed by atoms with Crippen LogP contribution in [0.15, 0.2) is 30.5 Å². The van der Waals surface area contributed by atoms with Gasteiger partial charge in [0.25, 0.3) is 0 Å². The maximum absolute atomic E-state index is 12.6. The van der Waals surface area contributed by atoms with Crippen LogP contribution in [0.4, 0.5) is 23.7 Å². The summed E-state index contributed by atoms with van der Waals surface area (Å²) >= 11 is 0. The number of nitrogens with one attached hydrogen (secondary N) is 1. The number of halogens is 3. The van der Waals surface area contributed by atoms with Crippen LogP contribution in [0.25, 0.3) is 10.9 Å². The van der Waals surface area contributed by atoms with E-state index in [1.807, 2.05) is 0 Å². The normalized spacial score (nSPS) is 17.6. The van der Waals surface area contributed by atoms with Crippen molar-refractivity contribution >= 4 is 22.7 Å². The first-order valence-corrected chi connectivity index (χ1v) is 8.90. The van der Waals surface area contributed by atoms with Gasteiger partial charge < -0.3 is 19.7 Å². The predicted molar refractivity (Wildman–Crippen MR) is 98.3 cm³/mol. The highest BCUT2D eigenvalue weighted by Gasteiger charge is 2.33. The molecule has 2 heterocycles. The Morgan fingerprint density at radius 1 is 1.25 bits per heavy atom. The standard InChI is InChI=1S/C19H22F3N3O3/c1-18(2,3)28-17(26)25-10-8-12(11-25)24-14-6-7-15(27-19(20,21)22)16-13(14)5-4-9-23-16/h4-7,9,12,24H,8,10-11H2,1-3H3. The number of alkyl halides is 3. The molecule has 3 rings (SSSR count). The van der Waals surface area contributed by atoms with E-state index in [1.165, 1.54) is 18.3 Å². The third-order valence-electron chi connectivity index (χ3n) is 4.16. The van der Waals surface area contributed by atoms with E-state index in [0.717, 1.165) is 0 Å². The van der Waals surface area contributed by atoms with Crippen molar-refractivity contribution < 1.29 is 27.4 Å². The Morgan fingerprint density at radius 3 is 2.68 bits per heavy atom. The Bertz CT molecular complexity index is 865. The van der Waals surface area contributed by atoms with Crippen molar-refractivity contribution in [2.75, 3.05) is 18.4 Å². The van der Waals surface area contributed by atoms with Gasteiger partial charge in [-0.05, 0) is 51.5 Å². The van der Waals surface area contributed by atoms with Crippen LogP contribution in [0, 0.1) is 0 Å². The molecule has 1 aliphatic heterocycles. The topological polar surface area (TPSA) is 63.7 Å². The number of rotatable bonds is 3. The molecule has 9 heteroatoms. The Morgan fingerprint density at radius 2 is 2.00 bits per heavy atom. The van der Waals surface area contributed by atoms with E-state index in [0.29, 0.717) is 30.6 Å². The van der Waals surface area contributed by atoms with Gasteiger partial charge in [0, 0.05) is 36.4 Å². The summed E-state index contributed by atoms with van der Waals surface area (Å²) in [5.41, 5.74) is 0.180. The molecule has 1 atom stereocenters. The minimum absolute atomic E-state index is 0.0506. The molecule has 0 radical (unpaired) electrons. The SMILES string of the molecule is CC(C)(C)OC(=O)N1CCC(Nc2ccc(OC(F)(F)F)c3ncccc23)C1. The van der Waals surface area contributed by atoms with E-state index < -0.39 is 12.0 Å². The summed E-state index contributed by atoms with van der Waals surface area (Å²) in [6, 6.07) is 6.04. The van der Waals surface area contributed by atoms with E-state index >= 15 is 0 Å². The summed E-state index contributed by atoms with van der Waals surface area (Å²) in [6.07, 6.45) is -3.06. The van der Waals surface area contributed by atoms with Crippen molar-refractivity contribution in [3.63, 3.8) is 0 Å². The molecule has 6 nitrogen and oxygen atoms in total. The van der Waals surface area contributed by atoms with Gasteiger partial charge in [-0.2, -0.15) is 0 Å². The van der Waals surface area contributed by atoms with Gasteiger partial charge in [0.15, 0.2) is 5.75 Å². The van der Waals surface area contributed by atoms with Gasteiger partial charge in [-0.25, -0.2) is 4.79 Å². The molecular weight excluding hydrogens is 375 g/mol. The molecule has 2 aromatic rings. The Balaban J connectivity index is 1.75. The second-order valence-electron chi connectivity index (χ2n) is 7.61. The van der Waals surface area contributed by atoms with E-state index in [1.54, 1.807) is 37.8 Å². The summed E-state index contributed by atoms with van der Waals surface area (Å²) < 4.78 is 47.3. The third-order valence-corrected chi connectivity index (χ3v) is 4.16. The molecule has 1 N–H and O–H groups in total. The third kappa shape index (κ3) is 4.96. The van der Waals surface area contributed by atoms with Crippen LogP contribution in [-0.4, -0.2) is 47.1 Å². The highest BCUT2D eigenvalue weighted by molar-refractivity contribution is 5.95. The van der Waals surface area contributed by atoms with Crippen LogP contribution < -0.4 is 10.1 Å². The lowest BCUT2D eigenvalue weighted by Crippen LogP contribution is -2.36. The number of fused-ring (bicyclic) bond motifs is 1. The highest BCUT2D eigenvalue weighted by Crippen LogP contribution is 2.34. The number of aromatic nitrogens is 1. The highest BCUT2D eigenvalue weighted by atomic mass is 19.4. The van der Waals surface area contributed by atoms with Crippen LogP contribution in [0.1, 0.15) is 27.2 Å². The van der Waals surface area contributed by atoms with Gasteiger partial charge >= 0.3 is 12.5 Å². The molecule has 1 unspecified atom stereocenters. The minimum Gasteiger partial charge on any atom is -0.444 e. The summed E-state index contributed by atoms with van der Waals surface area (Å²) in [6.45, 7) is 6.40. The average molecular weight is 397 g/mol. The summed E-state index contributed by atoms with van der Waals surface area (Å²) in [4.78, 5) is 17.8. The number of hydrogen-bond acceptors (Lipinski definition) is 5. The fourth-order valence-corrected chi connectivity index (χ4v) is 3.07. The van der Waals surface area contributed by atoms with Crippen LogP contribution >= 0.6 is 0 Å². The lowest BCUT2D eigenvalue weighted by molar-refractivity contribution is -0.274. The smallest absolute Gasteiger partial charge is 0.444 e. The quantitative estimate of drug-likeness (QED) is 0.823. The molecule has 0 bridgehead atoms. The molecule has 1 saturated heterocycles. The Labute approximate surface area is 160 Å². The van der Waals surface area contributed by atoms with E-state index in [4.69, 9.17) is 4.74 Å². The molecule has 0 saturated carbocycles. The molecule has 152 valence electrons. The number of nitrogens with zero attached hydrogens (tertiary/aromatic N) is 2. The van der Waals surface area contributed by atoms with Gasteiger partial charge in [0.05, 0.1) is 0 Å². The first-order chi connectivity index (χ1) is 13.0. The number of anilines is 1. The van der Waals surface area contributed by atoms with Crippen molar-refractivity contribution in [2.45, 2.75) is 45.2 Å². The number of carbonyl (C=O) groups excluding carboxylic acids is 1. The number of hydrogen-bond donors (Lipinski definition) is 1. The maximum Gasteiger partial charge on any atom is 0.573 e. The lowest BCUT2D eigenvalue weighted by Gasteiger charge is -2.24. The number of likely N-dealkylation sites (tertiary alicyclic amines) is 1. The van der Waals surface area contributed by atoms with Gasteiger partial charge in [-0.1, -0.05) is 0 Å². The van der Waals surface area contributed by atoms with Crippen molar-refractivity contribution in [1.29, 1.82) is 0 Å². The van der Waals surface area contributed by atoms with Crippen LogP contribution in [0.3, 0.4) is 0 Å². The summed E-state index contributed by atoms with van der Waals surface area (Å²) in [5.74, 6) is -0.351. The zero-order valence-corrected chi connectivity index (χ0v) is 15.8. The van der Waals surface area contributed by atoms with Crippen LogP contribution in [-0.2, 0) is 4.74 Å². The fourth-order valence-electron chi connectivity index (χ4n) is 3.07. The average Bonchev–Trinajstić information content (AvgIpc) is 3.03. The molecule has 1 aromatic heterocycles. The molecule has 0 aliphatic carbocycles. The first kappa shape index (κ1) is 20.0.